The van der Waals surface area contributed by atoms with E-state index in [0.29, 0.717) is 23.1 Å². The largest absolute Gasteiger partial charge is 0.371 e. The molecule has 0 aliphatic rings. The highest BCUT2D eigenvalue weighted by Gasteiger charge is 2.14. The fraction of sp³-hybridized carbons (Fsp3) is 0.267. The Morgan fingerprint density at radius 2 is 2.05 bits per heavy atom. The maximum Gasteiger partial charge on any atom is 0.183 e. The summed E-state index contributed by atoms with van der Waals surface area (Å²) in [5.41, 5.74) is 2.53. The van der Waals surface area contributed by atoms with Gasteiger partial charge in [0.05, 0.1) is 6.20 Å². The summed E-state index contributed by atoms with van der Waals surface area (Å²) >= 11 is 0. The van der Waals surface area contributed by atoms with E-state index in [1.54, 1.807) is 13.2 Å². The van der Waals surface area contributed by atoms with Crippen LogP contribution in [0.25, 0.3) is 16.9 Å². The van der Waals surface area contributed by atoms with Gasteiger partial charge in [-0.1, -0.05) is 13.8 Å². The van der Waals surface area contributed by atoms with Crippen molar-refractivity contribution in [3.05, 3.63) is 42.1 Å². The molecule has 3 rings (SSSR count). The van der Waals surface area contributed by atoms with Crippen molar-refractivity contribution in [1.82, 2.24) is 19.6 Å². The second-order valence-corrected chi connectivity index (χ2v) is 5.14. The molecule has 108 valence electrons. The van der Waals surface area contributed by atoms with E-state index in [-0.39, 0.29) is 0 Å². The summed E-state index contributed by atoms with van der Waals surface area (Å²) in [5, 5.41) is 7.60. The smallest absolute Gasteiger partial charge is 0.183 e. The molecule has 0 saturated carbocycles. The van der Waals surface area contributed by atoms with Crippen LogP contribution in [-0.4, -0.2) is 26.6 Å². The van der Waals surface area contributed by atoms with Gasteiger partial charge in [-0.3, -0.25) is 4.98 Å². The van der Waals surface area contributed by atoms with Gasteiger partial charge < -0.3 is 5.32 Å². The number of aromatic nitrogens is 4. The SMILES string of the molecule is CNc1nc(-c2cncc(F)c2)nn2c(C(C)C)ccc12. The molecule has 0 amide bonds. The van der Waals surface area contributed by atoms with Gasteiger partial charge in [0.2, 0.25) is 0 Å². The molecule has 5 nitrogen and oxygen atoms in total. The monoisotopic (exact) mass is 285 g/mol. The lowest BCUT2D eigenvalue weighted by molar-refractivity contribution is 0.621. The zero-order chi connectivity index (χ0) is 15.0. The van der Waals surface area contributed by atoms with Gasteiger partial charge >= 0.3 is 0 Å². The Morgan fingerprint density at radius 3 is 2.71 bits per heavy atom. The maximum absolute atomic E-state index is 13.4. The third kappa shape index (κ3) is 2.33. The van der Waals surface area contributed by atoms with Crippen LogP contribution in [0.15, 0.2) is 30.6 Å². The average Bonchev–Trinajstić information content (AvgIpc) is 2.90. The van der Waals surface area contributed by atoms with E-state index in [1.807, 2.05) is 16.6 Å². The first-order chi connectivity index (χ1) is 10.1. The van der Waals surface area contributed by atoms with Gasteiger partial charge in [0, 0.05) is 24.5 Å². The number of rotatable bonds is 3. The molecule has 0 aliphatic carbocycles. The first-order valence-electron chi connectivity index (χ1n) is 6.78. The van der Waals surface area contributed by atoms with Crippen molar-refractivity contribution in [3.63, 3.8) is 0 Å². The fourth-order valence-corrected chi connectivity index (χ4v) is 2.29. The summed E-state index contributed by atoms with van der Waals surface area (Å²) in [6, 6.07) is 5.39. The Bertz CT molecular complexity index is 794. The standard InChI is InChI=1S/C15H16FN5/c1-9(2)12-4-5-13-15(17-3)19-14(20-21(12)13)10-6-11(16)8-18-7-10/h4-9H,1-3H3,(H,17,19,20). The van der Waals surface area contributed by atoms with Gasteiger partial charge in [0.1, 0.15) is 11.3 Å². The summed E-state index contributed by atoms with van der Waals surface area (Å²) < 4.78 is 15.2. The van der Waals surface area contributed by atoms with Crippen LogP contribution in [0.1, 0.15) is 25.5 Å². The van der Waals surface area contributed by atoms with E-state index in [0.717, 1.165) is 17.4 Å². The van der Waals surface area contributed by atoms with Crippen LogP contribution in [0.4, 0.5) is 10.2 Å². The summed E-state index contributed by atoms with van der Waals surface area (Å²) in [6.07, 6.45) is 2.72. The Balaban J connectivity index is 2.26. The molecule has 3 aromatic heterocycles. The minimum atomic E-state index is -0.404. The minimum Gasteiger partial charge on any atom is -0.371 e. The van der Waals surface area contributed by atoms with E-state index in [2.05, 4.69) is 34.2 Å². The summed E-state index contributed by atoms with van der Waals surface area (Å²) in [7, 11) is 1.80. The summed E-state index contributed by atoms with van der Waals surface area (Å²) in [6.45, 7) is 4.21. The molecule has 6 heteroatoms. The van der Waals surface area contributed by atoms with Gasteiger partial charge in [-0.05, 0) is 24.1 Å². The first-order valence-corrected chi connectivity index (χ1v) is 6.78. The molecular formula is C15H16FN5. The molecule has 0 radical (unpaired) electrons. The van der Waals surface area contributed by atoms with Crippen molar-refractivity contribution in [3.8, 4) is 11.4 Å². The van der Waals surface area contributed by atoms with Crippen molar-refractivity contribution in [2.75, 3.05) is 12.4 Å². The number of nitrogens with zero attached hydrogens (tertiary/aromatic N) is 4. The topological polar surface area (TPSA) is 55.1 Å². The number of hydrogen-bond acceptors (Lipinski definition) is 4. The molecule has 0 spiro atoms. The zero-order valence-corrected chi connectivity index (χ0v) is 12.1. The van der Waals surface area contributed by atoms with Crippen molar-refractivity contribution < 1.29 is 4.39 Å². The van der Waals surface area contributed by atoms with E-state index in [9.17, 15) is 4.39 Å². The van der Waals surface area contributed by atoms with Crippen LogP contribution in [0, 0.1) is 5.82 Å². The molecule has 0 bridgehead atoms. The minimum absolute atomic E-state index is 0.325. The molecule has 3 heterocycles. The maximum atomic E-state index is 13.4. The molecule has 0 unspecified atom stereocenters. The van der Waals surface area contributed by atoms with Crippen molar-refractivity contribution >= 4 is 11.3 Å². The van der Waals surface area contributed by atoms with Crippen molar-refractivity contribution in [2.45, 2.75) is 19.8 Å². The van der Waals surface area contributed by atoms with Crippen molar-refractivity contribution in [2.24, 2.45) is 0 Å². The van der Waals surface area contributed by atoms with Gasteiger partial charge in [-0.25, -0.2) is 13.9 Å². The molecular weight excluding hydrogens is 269 g/mol. The average molecular weight is 285 g/mol. The third-order valence-corrected chi connectivity index (χ3v) is 3.33. The number of anilines is 1. The van der Waals surface area contributed by atoms with Gasteiger partial charge in [-0.15, -0.1) is 5.10 Å². The Morgan fingerprint density at radius 1 is 1.24 bits per heavy atom. The molecule has 0 atom stereocenters. The lowest BCUT2D eigenvalue weighted by Crippen LogP contribution is -2.06. The van der Waals surface area contributed by atoms with E-state index in [1.165, 1.54) is 6.07 Å². The molecule has 0 aliphatic heterocycles. The lowest BCUT2D eigenvalue weighted by atomic mass is 10.1. The summed E-state index contributed by atoms with van der Waals surface area (Å²) in [5.74, 6) is 1.07. The van der Waals surface area contributed by atoms with Gasteiger partial charge in [0.25, 0.3) is 0 Å². The summed E-state index contributed by atoms with van der Waals surface area (Å²) in [4.78, 5) is 8.31. The Hall–Kier alpha value is -2.50. The van der Waals surface area contributed by atoms with Crippen LogP contribution in [0.5, 0.6) is 0 Å². The van der Waals surface area contributed by atoms with E-state index < -0.39 is 5.82 Å². The number of fused-ring (bicyclic) bond motifs is 1. The molecule has 21 heavy (non-hydrogen) atoms. The van der Waals surface area contributed by atoms with Crippen LogP contribution < -0.4 is 5.32 Å². The lowest BCUT2D eigenvalue weighted by Gasteiger charge is -2.10. The predicted molar refractivity (Wildman–Crippen MR) is 79.8 cm³/mol. The number of nitrogens with one attached hydrogen (secondary N) is 1. The quantitative estimate of drug-likeness (QED) is 0.803. The zero-order valence-electron chi connectivity index (χ0n) is 12.1. The highest BCUT2D eigenvalue weighted by molar-refractivity contribution is 5.71. The fourth-order valence-electron chi connectivity index (χ4n) is 2.29. The Kier molecular flexibility index (Phi) is 3.29. The molecule has 0 aromatic carbocycles. The Labute approximate surface area is 121 Å². The molecule has 1 N–H and O–H groups in total. The number of hydrogen-bond donors (Lipinski definition) is 1. The van der Waals surface area contributed by atoms with Gasteiger partial charge in [0.15, 0.2) is 11.6 Å². The van der Waals surface area contributed by atoms with Gasteiger partial charge in [-0.2, -0.15) is 0 Å². The predicted octanol–water partition coefficient (Wildman–Crippen LogP) is 3.10. The third-order valence-electron chi connectivity index (χ3n) is 3.33. The highest BCUT2D eigenvalue weighted by Crippen LogP contribution is 2.25. The highest BCUT2D eigenvalue weighted by atomic mass is 19.1. The van der Waals surface area contributed by atoms with Crippen LogP contribution in [0.2, 0.25) is 0 Å². The van der Waals surface area contributed by atoms with Crippen LogP contribution in [0.3, 0.4) is 0 Å². The number of pyridine rings is 1. The van der Waals surface area contributed by atoms with E-state index in [4.69, 9.17) is 0 Å². The van der Waals surface area contributed by atoms with Crippen molar-refractivity contribution in [1.29, 1.82) is 0 Å². The molecule has 0 saturated heterocycles. The normalized spacial score (nSPS) is 11.3. The first kappa shape index (κ1) is 13.5. The molecule has 3 aromatic rings. The van der Waals surface area contributed by atoms with Crippen LogP contribution >= 0.6 is 0 Å². The van der Waals surface area contributed by atoms with Crippen LogP contribution in [-0.2, 0) is 0 Å². The number of halogens is 1. The second-order valence-electron chi connectivity index (χ2n) is 5.14. The van der Waals surface area contributed by atoms with E-state index >= 15 is 0 Å². The second kappa shape index (κ2) is 5.12. The molecule has 0 fully saturated rings.